The summed E-state index contributed by atoms with van der Waals surface area (Å²) in [6.45, 7) is 0. The van der Waals surface area contributed by atoms with Crippen molar-refractivity contribution in [3.05, 3.63) is 12.3 Å². The van der Waals surface area contributed by atoms with Crippen LogP contribution in [0.2, 0.25) is 0 Å². The molecule has 0 spiro atoms. The van der Waals surface area contributed by atoms with Gasteiger partial charge in [-0.2, -0.15) is 0 Å². The molecular formula is C15H21FeNO4. The van der Waals surface area contributed by atoms with Crippen molar-refractivity contribution in [1.29, 1.82) is 0 Å². The maximum Gasteiger partial charge on any atom is 0.340 e. The second-order valence-electron chi connectivity index (χ2n) is 5.35. The van der Waals surface area contributed by atoms with Gasteiger partial charge in [0.1, 0.15) is 0 Å². The molecule has 0 aromatic heterocycles. The van der Waals surface area contributed by atoms with E-state index in [0.29, 0.717) is 17.4 Å². The van der Waals surface area contributed by atoms with Gasteiger partial charge in [0.05, 0.1) is 5.92 Å². The van der Waals surface area contributed by atoms with Crippen LogP contribution in [0, 0.1) is 12.3 Å². The quantitative estimate of drug-likeness (QED) is 0.575. The Hall–Kier alpha value is -0.871. The molecule has 5 nitrogen and oxygen atoms in total. The zero-order valence-corrected chi connectivity index (χ0v) is 13.2. The molecule has 3 aliphatic rings. The van der Waals surface area contributed by atoms with Gasteiger partial charge in [0, 0.05) is 29.9 Å². The summed E-state index contributed by atoms with van der Waals surface area (Å²) in [4.78, 5) is 38.5. The molecule has 6 heteroatoms. The average Bonchev–Trinajstić information content (AvgIpc) is 3.18. The van der Waals surface area contributed by atoms with E-state index in [1.54, 1.807) is 6.42 Å². The van der Waals surface area contributed by atoms with Crippen molar-refractivity contribution < 1.29 is 36.3 Å². The zero-order chi connectivity index (χ0) is 14.4. The Morgan fingerprint density at radius 1 is 0.905 bits per heavy atom. The van der Waals surface area contributed by atoms with Gasteiger partial charge in [0.2, 0.25) is 0 Å². The third kappa shape index (κ3) is 5.44. The Morgan fingerprint density at radius 3 is 1.86 bits per heavy atom. The molecule has 3 fully saturated rings. The number of hydrogen-bond donors (Lipinski definition) is 0. The van der Waals surface area contributed by atoms with Gasteiger partial charge in [-0.05, 0) is 19.3 Å². The van der Waals surface area contributed by atoms with E-state index in [9.17, 15) is 14.4 Å². The Morgan fingerprint density at radius 2 is 1.43 bits per heavy atom. The van der Waals surface area contributed by atoms with Crippen LogP contribution in [0.15, 0.2) is 0 Å². The van der Waals surface area contributed by atoms with Gasteiger partial charge < -0.3 is 4.84 Å². The van der Waals surface area contributed by atoms with Crippen LogP contribution >= 0.6 is 0 Å². The Bertz CT molecular complexity index is 352. The van der Waals surface area contributed by atoms with Crippen LogP contribution in [-0.4, -0.2) is 22.8 Å². The van der Waals surface area contributed by atoms with Gasteiger partial charge >= 0.3 is 5.97 Å². The average molecular weight is 335 g/mol. The van der Waals surface area contributed by atoms with Crippen LogP contribution in [-0.2, 0) is 36.3 Å². The molecule has 2 amide bonds. The number of rotatable bonds is 2. The summed E-state index contributed by atoms with van der Waals surface area (Å²) in [5.74, 6) is -0.891. The van der Waals surface area contributed by atoms with Gasteiger partial charge in [-0.25, -0.2) is 4.79 Å². The number of carbonyl (C=O) groups excluding carboxylic acids is 3. The summed E-state index contributed by atoms with van der Waals surface area (Å²) >= 11 is 0. The molecule has 0 unspecified atom stereocenters. The molecule has 0 atom stereocenters. The Kier molecular flexibility index (Phi) is 7.97. The normalized spacial score (nSPS) is 21.8. The first-order valence-corrected chi connectivity index (χ1v) is 7.45. The van der Waals surface area contributed by atoms with Crippen LogP contribution < -0.4 is 0 Å². The smallest absolute Gasteiger partial charge is 0.330 e. The molecule has 0 aromatic carbocycles. The third-order valence-corrected chi connectivity index (χ3v) is 3.73. The maximum atomic E-state index is 11.5. The number of imide groups is 1. The van der Waals surface area contributed by atoms with Crippen LogP contribution in [0.25, 0.3) is 0 Å². The molecule has 118 valence electrons. The molecule has 1 heterocycles. The molecule has 3 rings (SSSR count). The first-order chi connectivity index (χ1) is 9.68. The molecule has 21 heavy (non-hydrogen) atoms. The summed E-state index contributed by atoms with van der Waals surface area (Å²) in [6.07, 6.45) is 12.0. The molecule has 2 saturated carbocycles. The number of carbonyl (C=O) groups is 3. The molecule has 1 saturated heterocycles. The first kappa shape index (κ1) is 18.2. The fraction of sp³-hybridized carbons (Fsp3) is 0.667. The number of nitrogens with zero attached hydrogens (tertiary/aromatic N) is 1. The minimum atomic E-state index is -0.573. The third-order valence-electron chi connectivity index (χ3n) is 3.73. The van der Waals surface area contributed by atoms with E-state index < -0.39 is 17.8 Å². The van der Waals surface area contributed by atoms with Crippen molar-refractivity contribution in [3.8, 4) is 0 Å². The molecule has 0 bridgehead atoms. The van der Waals surface area contributed by atoms with Crippen molar-refractivity contribution in [2.75, 3.05) is 0 Å². The molecule has 1 aliphatic heterocycles. The summed E-state index contributed by atoms with van der Waals surface area (Å²) in [5, 5.41) is 0.585. The van der Waals surface area contributed by atoms with Crippen molar-refractivity contribution in [2.45, 2.75) is 64.2 Å². The van der Waals surface area contributed by atoms with E-state index in [1.165, 1.54) is 32.1 Å². The largest absolute Gasteiger partial charge is 0.340 e. The topological polar surface area (TPSA) is 63.7 Å². The predicted molar refractivity (Wildman–Crippen MR) is 71.7 cm³/mol. The van der Waals surface area contributed by atoms with Crippen LogP contribution in [0.4, 0.5) is 0 Å². The molecule has 2 aliphatic carbocycles. The monoisotopic (exact) mass is 335 g/mol. The van der Waals surface area contributed by atoms with E-state index in [0.717, 1.165) is 12.8 Å². The fourth-order valence-corrected chi connectivity index (χ4v) is 2.54. The van der Waals surface area contributed by atoms with Gasteiger partial charge in [0.25, 0.3) is 11.8 Å². The van der Waals surface area contributed by atoms with Crippen molar-refractivity contribution in [1.82, 2.24) is 5.06 Å². The molecule has 0 N–H and O–H groups in total. The van der Waals surface area contributed by atoms with Crippen LogP contribution in [0.1, 0.15) is 64.2 Å². The molecule has 0 aromatic rings. The Labute approximate surface area is 136 Å². The number of hydrogen-bond acceptors (Lipinski definition) is 4. The van der Waals surface area contributed by atoms with Gasteiger partial charge in [-0.3, -0.25) is 9.59 Å². The SMILES string of the molecule is C1CCCC1.O=C(ON1C(=O)CCC1=O)[C]1[CH]CCC1.[Fe]. The molecular weight excluding hydrogens is 314 g/mol. The second kappa shape index (κ2) is 9.21. The minimum absolute atomic E-state index is 0. The fourth-order valence-electron chi connectivity index (χ4n) is 2.54. The first-order valence-electron chi connectivity index (χ1n) is 7.45. The summed E-state index contributed by atoms with van der Waals surface area (Å²) in [6, 6.07) is 0. The van der Waals surface area contributed by atoms with Crippen molar-refractivity contribution in [3.63, 3.8) is 0 Å². The Balaban J connectivity index is 0.000000313. The van der Waals surface area contributed by atoms with Crippen LogP contribution in [0.5, 0.6) is 0 Å². The minimum Gasteiger partial charge on any atom is -0.330 e. The summed E-state index contributed by atoms with van der Waals surface area (Å²) < 4.78 is 0. The predicted octanol–water partition coefficient (Wildman–Crippen LogP) is 2.50. The standard InChI is InChI=1S/C10H11NO4.C5H10.Fe/c12-8-5-6-9(13)11(8)15-10(14)7-3-1-2-4-7;1-2-4-5-3-1;/h3H,1-2,4-6H2;1-5H2;. The van der Waals surface area contributed by atoms with E-state index in [-0.39, 0.29) is 29.9 Å². The van der Waals surface area contributed by atoms with Gasteiger partial charge in [-0.1, -0.05) is 38.5 Å². The molecule has 2 radical (unpaired) electrons. The summed E-state index contributed by atoms with van der Waals surface area (Å²) in [7, 11) is 0. The number of amides is 2. The maximum absolute atomic E-state index is 11.5. The second-order valence-corrected chi connectivity index (χ2v) is 5.35. The summed E-state index contributed by atoms with van der Waals surface area (Å²) in [5.41, 5.74) is 0. The van der Waals surface area contributed by atoms with E-state index in [4.69, 9.17) is 4.84 Å². The van der Waals surface area contributed by atoms with Gasteiger partial charge in [0.15, 0.2) is 0 Å². The van der Waals surface area contributed by atoms with E-state index in [1.807, 2.05) is 0 Å². The van der Waals surface area contributed by atoms with Gasteiger partial charge in [-0.15, -0.1) is 5.06 Å². The number of hydroxylamine groups is 2. The van der Waals surface area contributed by atoms with Crippen LogP contribution in [0.3, 0.4) is 0 Å². The van der Waals surface area contributed by atoms with E-state index >= 15 is 0 Å². The van der Waals surface area contributed by atoms with Crippen molar-refractivity contribution in [2.24, 2.45) is 0 Å². The van der Waals surface area contributed by atoms with E-state index in [2.05, 4.69) is 0 Å². The van der Waals surface area contributed by atoms with Crippen molar-refractivity contribution >= 4 is 17.8 Å². The zero-order valence-electron chi connectivity index (χ0n) is 12.1.